The minimum absolute atomic E-state index is 0.377. The molecule has 2 aromatic rings. The van der Waals surface area contributed by atoms with Crippen LogP contribution in [0.4, 0.5) is 11.4 Å². The molecule has 0 aliphatic carbocycles. The van der Waals surface area contributed by atoms with Crippen LogP contribution in [0.15, 0.2) is 54.6 Å². The molecule has 1 aliphatic heterocycles. The summed E-state index contributed by atoms with van der Waals surface area (Å²) in [6, 6.07) is 19.9. The first-order chi connectivity index (χ1) is 10.9. The van der Waals surface area contributed by atoms with Crippen LogP contribution in [-0.2, 0) is 0 Å². The van der Waals surface area contributed by atoms with Crippen LogP contribution in [0.3, 0.4) is 0 Å². The predicted octanol–water partition coefficient (Wildman–Crippen LogP) is 5.24. The number of unbranched alkanes of at least 4 members (excludes halogenated alkanes) is 3. The van der Waals surface area contributed by atoms with E-state index in [4.69, 9.17) is 0 Å². The smallest absolute Gasteiger partial charge is 0.0689 e. The molecule has 0 amide bonds. The van der Waals surface area contributed by atoms with Gasteiger partial charge in [0, 0.05) is 13.1 Å². The second-order valence-electron chi connectivity index (χ2n) is 6.13. The molecule has 0 spiro atoms. The van der Waals surface area contributed by atoms with Crippen molar-refractivity contribution in [3.8, 4) is 0 Å². The van der Waals surface area contributed by atoms with Gasteiger partial charge < -0.3 is 10.2 Å². The number of hydrogen-bond acceptors (Lipinski definition) is 2. The third-order valence-corrected chi connectivity index (χ3v) is 4.46. The van der Waals surface area contributed by atoms with Crippen LogP contribution in [0.1, 0.15) is 44.2 Å². The molecule has 0 radical (unpaired) electrons. The van der Waals surface area contributed by atoms with Crippen LogP contribution in [0, 0.1) is 0 Å². The summed E-state index contributed by atoms with van der Waals surface area (Å²) in [6.45, 7) is 4.47. The number of fused-ring (bicyclic) bond motifs is 1. The van der Waals surface area contributed by atoms with Crippen molar-refractivity contribution >= 4 is 11.4 Å². The summed E-state index contributed by atoms with van der Waals surface area (Å²) in [7, 11) is 0. The largest absolute Gasteiger partial charge is 0.375 e. The molecule has 0 fully saturated rings. The average Bonchev–Trinajstić information content (AvgIpc) is 2.59. The third kappa shape index (κ3) is 3.44. The van der Waals surface area contributed by atoms with Crippen molar-refractivity contribution in [3.63, 3.8) is 0 Å². The lowest BCUT2D eigenvalue weighted by molar-refractivity contribution is 0.614. The molecule has 1 N–H and O–H groups in total. The van der Waals surface area contributed by atoms with Crippen molar-refractivity contribution < 1.29 is 0 Å². The molecule has 2 heteroatoms. The van der Waals surface area contributed by atoms with Crippen LogP contribution in [0.5, 0.6) is 0 Å². The lowest BCUT2D eigenvalue weighted by atomic mass is 10.0. The van der Waals surface area contributed by atoms with Crippen LogP contribution in [0.2, 0.25) is 0 Å². The summed E-state index contributed by atoms with van der Waals surface area (Å²) in [5.41, 5.74) is 3.99. The van der Waals surface area contributed by atoms with Crippen molar-refractivity contribution in [3.05, 3.63) is 60.2 Å². The summed E-state index contributed by atoms with van der Waals surface area (Å²) < 4.78 is 0. The van der Waals surface area contributed by atoms with Gasteiger partial charge in [0.15, 0.2) is 0 Å². The van der Waals surface area contributed by atoms with Gasteiger partial charge >= 0.3 is 0 Å². The van der Waals surface area contributed by atoms with Gasteiger partial charge in [-0.1, -0.05) is 68.7 Å². The van der Waals surface area contributed by atoms with Crippen molar-refractivity contribution in [1.29, 1.82) is 0 Å². The topological polar surface area (TPSA) is 15.3 Å². The first-order valence-electron chi connectivity index (χ1n) is 8.54. The molecule has 1 aliphatic rings. The van der Waals surface area contributed by atoms with Gasteiger partial charge in [-0.25, -0.2) is 0 Å². The Balaban J connectivity index is 1.76. The molecule has 1 heterocycles. The van der Waals surface area contributed by atoms with E-state index in [0.29, 0.717) is 6.04 Å². The molecular formula is C20H26N2. The van der Waals surface area contributed by atoms with Gasteiger partial charge in [0.2, 0.25) is 0 Å². The van der Waals surface area contributed by atoms with Crippen molar-refractivity contribution in [2.45, 2.75) is 38.6 Å². The number of nitrogens with zero attached hydrogens (tertiary/aromatic N) is 1. The predicted molar refractivity (Wildman–Crippen MR) is 95.6 cm³/mol. The highest BCUT2D eigenvalue weighted by molar-refractivity contribution is 5.73. The summed E-state index contributed by atoms with van der Waals surface area (Å²) in [6.07, 6.45) is 5.25. The van der Waals surface area contributed by atoms with E-state index < -0.39 is 0 Å². The molecule has 3 rings (SSSR count). The molecular weight excluding hydrogens is 268 g/mol. The molecule has 0 unspecified atom stereocenters. The van der Waals surface area contributed by atoms with E-state index in [1.165, 1.54) is 42.6 Å². The Morgan fingerprint density at radius 3 is 2.55 bits per heavy atom. The Bertz CT molecular complexity index is 579. The Morgan fingerprint density at radius 2 is 1.73 bits per heavy atom. The highest BCUT2D eigenvalue weighted by atomic mass is 15.2. The normalized spacial score (nSPS) is 17.0. The van der Waals surface area contributed by atoms with Gasteiger partial charge in [0.05, 0.1) is 17.4 Å². The SMILES string of the molecule is CCCCCCN1C[C@H](c2ccccc2)Nc2ccccc21. The zero-order valence-electron chi connectivity index (χ0n) is 13.5. The number of rotatable bonds is 6. The minimum Gasteiger partial charge on any atom is -0.375 e. The van der Waals surface area contributed by atoms with E-state index >= 15 is 0 Å². The second kappa shape index (κ2) is 7.35. The van der Waals surface area contributed by atoms with Gasteiger partial charge in [-0.2, -0.15) is 0 Å². The Hall–Kier alpha value is -1.96. The fourth-order valence-corrected chi connectivity index (χ4v) is 3.24. The minimum atomic E-state index is 0.377. The Labute approximate surface area is 134 Å². The standard InChI is InChI=1S/C20H26N2/c1-2-3-4-10-15-22-16-19(17-11-6-5-7-12-17)21-18-13-8-9-14-20(18)22/h5-9,11-14,19,21H,2-4,10,15-16H2,1H3/t19-/m1/s1. The summed E-state index contributed by atoms with van der Waals surface area (Å²) in [5.74, 6) is 0. The van der Waals surface area contributed by atoms with E-state index in [9.17, 15) is 0 Å². The van der Waals surface area contributed by atoms with E-state index in [1.54, 1.807) is 0 Å². The van der Waals surface area contributed by atoms with E-state index in [2.05, 4.69) is 71.7 Å². The van der Waals surface area contributed by atoms with Gasteiger partial charge in [0.25, 0.3) is 0 Å². The van der Waals surface area contributed by atoms with Crippen LogP contribution >= 0.6 is 0 Å². The molecule has 0 aromatic heterocycles. The number of nitrogens with one attached hydrogen (secondary N) is 1. The first kappa shape index (κ1) is 15.0. The van der Waals surface area contributed by atoms with E-state index in [1.807, 2.05) is 0 Å². The van der Waals surface area contributed by atoms with Gasteiger partial charge in [-0.3, -0.25) is 0 Å². The maximum Gasteiger partial charge on any atom is 0.0689 e. The zero-order chi connectivity index (χ0) is 15.2. The van der Waals surface area contributed by atoms with Crippen molar-refractivity contribution in [1.82, 2.24) is 0 Å². The summed E-state index contributed by atoms with van der Waals surface area (Å²) in [4.78, 5) is 2.55. The molecule has 0 bridgehead atoms. The Kier molecular flexibility index (Phi) is 4.99. The van der Waals surface area contributed by atoms with Gasteiger partial charge in [-0.05, 0) is 24.1 Å². The van der Waals surface area contributed by atoms with E-state index in [0.717, 1.165) is 13.1 Å². The lowest BCUT2D eigenvalue weighted by Crippen LogP contribution is -2.37. The molecule has 116 valence electrons. The monoisotopic (exact) mass is 294 g/mol. The third-order valence-electron chi connectivity index (χ3n) is 4.46. The number of hydrogen-bond donors (Lipinski definition) is 1. The fraction of sp³-hybridized carbons (Fsp3) is 0.400. The van der Waals surface area contributed by atoms with Crippen LogP contribution in [0.25, 0.3) is 0 Å². The number of benzene rings is 2. The summed E-state index contributed by atoms with van der Waals surface area (Å²) in [5, 5.41) is 3.70. The molecule has 2 nitrogen and oxygen atoms in total. The van der Waals surface area contributed by atoms with Crippen molar-refractivity contribution in [2.75, 3.05) is 23.3 Å². The van der Waals surface area contributed by atoms with Gasteiger partial charge in [0.1, 0.15) is 0 Å². The van der Waals surface area contributed by atoms with Crippen molar-refractivity contribution in [2.24, 2.45) is 0 Å². The van der Waals surface area contributed by atoms with Crippen LogP contribution in [-0.4, -0.2) is 13.1 Å². The fourth-order valence-electron chi connectivity index (χ4n) is 3.24. The van der Waals surface area contributed by atoms with Crippen LogP contribution < -0.4 is 10.2 Å². The lowest BCUT2D eigenvalue weighted by Gasteiger charge is -2.37. The molecule has 0 saturated heterocycles. The highest BCUT2D eigenvalue weighted by Crippen LogP contribution is 2.35. The maximum atomic E-state index is 3.70. The Morgan fingerprint density at radius 1 is 0.955 bits per heavy atom. The summed E-state index contributed by atoms with van der Waals surface area (Å²) >= 11 is 0. The maximum absolute atomic E-state index is 3.70. The van der Waals surface area contributed by atoms with Gasteiger partial charge in [-0.15, -0.1) is 0 Å². The zero-order valence-corrected chi connectivity index (χ0v) is 13.5. The molecule has 2 aromatic carbocycles. The highest BCUT2D eigenvalue weighted by Gasteiger charge is 2.23. The quantitative estimate of drug-likeness (QED) is 0.733. The number of para-hydroxylation sites is 2. The first-order valence-corrected chi connectivity index (χ1v) is 8.54. The number of anilines is 2. The molecule has 1 atom stereocenters. The average molecular weight is 294 g/mol. The molecule has 0 saturated carbocycles. The van der Waals surface area contributed by atoms with E-state index in [-0.39, 0.29) is 0 Å². The second-order valence-corrected chi connectivity index (χ2v) is 6.13. The molecule has 22 heavy (non-hydrogen) atoms.